The van der Waals surface area contributed by atoms with Crippen LogP contribution in [0.3, 0.4) is 0 Å². The van der Waals surface area contributed by atoms with Crippen molar-refractivity contribution in [2.75, 3.05) is 17.2 Å². The van der Waals surface area contributed by atoms with Gasteiger partial charge in [0.15, 0.2) is 0 Å². The third-order valence-corrected chi connectivity index (χ3v) is 4.58. The summed E-state index contributed by atoms with van der Waals surface area (Å²) in [6.07, 6.45) is -0.254. The van der Waals surface area contributed by atoms with Crippen LogP contribution in [0.25, 0.3) is 0 Å². The maximum absolute atomic E-state index is 12.4. The molecular weight excluding hydrogens is 330 g/mol. The SMILES string of the molecule is CC(C)c1ccccc1NC(=O)Nc1ccc2c(c1)CCN(C(=O)O)C2. The molecule has 0 saturated carbocycles. The van der Waals surface area contributed by atoms with Crippen LogP contribution in [0.1, 0.15) is 36.5 Å². The van der Waals surface area contributed by atoms with Gasteiger partial charge in [-0.1, -0.05) is 38.1 Å². The van der Waals surface area contributed by atoms with E-state index < -0.39 is 6.09 Å². The van der Waals surface area contributed by atoms with Crippen LogP contribution >= 0.6 is 0 Å². The molecule has 0 atom stereocenters. The molecule has 0 fully saturated rings. The number of urea groups is 1. The van der Waals surface area contributed by atoms with Gasteiger partial charge >= 0.3 is 12.1 Å². The van der Waals surface area contributed by atoms with Crippen LogP contribution in [-0.4, -0.2) is 28.7 Å². The van der Waals surface area contributed by atoms with Crippen LogP contribution in [0.2, 0.25) is 0 Å². The second-order valence-electron chi connectivity index (χ2n) is 6.76. The first-order valence-electron chi connectivity index (χ1n) is 8.70. The minimum Gasteiger partial charge on any atom is -0.465 e. The van der Waals surface area contributed by atoms with Crippen molar-refractivity contribution in [2.24, 2.45) is 0 Å². The number of nitrogens with zero attached hydrogens (tertiary/aromatic N) is 1. The molecule has 1 aliphatic heterocycles. The minimum absolute atomic E-state index is 0.291. The number of amides is 3. The molecule has 0 spiro atoms. The predicted molar refractivity (Wildman–Crippen MR) is 102 cm³/mol. The van der Waals surface area contributed by atoms with Crippen LogP contribution in [0.4, 0.5) is 21.0 Å². The van der Waals surface area contributed by atoms with Gasteiger partial charge in [0.1, 0.15) is 0 Å². The summed E-state index contributed by atoms with van der Waals surface area (Å²) in [5, 5.41) is 14.9. The summed E-state index contributed by atoms with van der Waals surface area (Å²) in [5.74, 6) is 0.312. The van der Waals surface area contributed by atoms with E-state index in [2.05, 4.69) is 24.5 Å². The van der Waals surface area contributed by atoms with Gasteiger partial charge in [0.05, 0.1) is 0 Å². The number of nitrogens with one attached hydrogen (secondary N) is 2. The van der Waals surface area contributed by atoms with Crippen LogP contribution in [0.5, 0.6) is 0 Å². The number of fused-ring (bicyclic) bond motifs is 1. The van der Waals surface area contributed by atoms with Crippen molar-refractivity contribution >= 4 is 23.5 Å². The van der Waals surface area contributed by atoms with Gasteiger partial charge in [0.2, 0.25) is 0 Å². The van der Waals surface area contributed by atoms with Gasteiger partial charge in [-0.25, -0.2) is 9.59 Å². The van der Waals surface area contributed by atoms with E-state index in [0.29, 0.717) is 31.1 Å². The monoisotopic (exact) mass is 353 g/mol. The first-order chi connectivity index (χ1) is 12.4. The summed E-state index contributed by atoms with van der Waals surface area (Å²) in [6.45, 7) is 5.03. The lowest BCUT2D eigenvalue weighted by Gasteiger charge is -2.26. The van der Waals surface area contributed by atoms with Gasteiger partial charge < -0.3 is 20.6 Å². The first kappa shape index (κ1) is 17.8. The molecule has 2 aromatic carbocycles. The van der Waals surface area contributed by atoms with Gasteiger partial charge in [0, 0.05) is 24.5 Å². The van der Waals surface area contributed by atoms with Gasteiger partial charge in [-0.3, -0.25) is 0 Å². The molecule has 3 rings (SSSR count). The topological polar surface area (TPSA) is 81.7 Å². The highest BCUT2D eigenvalue weighted by Crippen LogP contribution is 2.25. The number of rotatable bonds is 3. The summed E-state index contributed by atoms with van der Waals surface area (Å²) in [6, 6.07) is 13.1. The molecule has 3 N–H and O–H groups in total. The maximum Gasteiger partial charge on any atom is 0.407 e. The molecule has 0 radical (unpaired) electrons. The smallest absolute Gasteiger partial charge is 0.407 e. The van der Waals surface area contributed by atoms with Gasteiger partial charge in [-0.2, -0.15) is 0 Å². The lowest BCUT2D eigenvalue weighted by Crippen LogP contribution is -2.34. The minimum atomic E-state index is -0.902. The molecular formula is C20H23N3O3. The van der Waals surface area contributed by atoms with Crippen LogP contribution in [-0.2, 0) is 13.0 Å². The van der Waals surface area contributed by atoms with Crippen LogP contribution < -0.4 is 10.6 Å². The number of hydrogen-bond acceptors (Lipinski definition) is 2. The Morgan fingerprint density at radius 3 is 2.58 bits per heavy atom. The molecule has 26 heavy (non-hydrogen) atoms. The molecule has 136 valence electrons. The van der Waals surface area contributed by atoms with E-state index in [-0.39, 0.29) is 6.03 Å². The Balaban J connectivity index is 1.69. The summed E-state index contributed by atoms with van der Waals surface area (Å²) in [4.78, 5) is 24.8. The van der Waals surface area contributed by atoms with Crippen molar-refractivity contribution in [1.29, 1.82) is 0 Å². The number of carbonyl (C=O) groups excluding carboxylic acids is 1. The third-order valence-electron chi connectivity index (χ3n) is 4.58. The standard InChI is InChI=1S/C20H23N3O3/c1-13(2)17-5-3-4-6-18(17)22-19(24)21-16-8-7-15-12-23(20(25)26)10-9-14(15)11-16/h3-8,11,13H,9-10,12H2,1-2H3,(H,25,26)(H2,21,22,24). The van der Waals surface area contributed by atoms with E-state index in [1.165, 1.54) is 4.90 Å². The fraction of sp³-hybridized carbons (Fsp3) is 0.300. The Bertz CT molecular complexity index is 833. The lowest BCUT2D eigenvalue weighted by atomic mass is 9.99. The Kier molecular flexibility index (Phi) is 5.11. The first-order valence-corrected chi connectivity index (χ1v) is 8.70. The Morgan fingerprint density at radius 2 is 1.85 bits per heavy atom. The summed E-state index contributed by atoms with van der Waals surface area (Å²) < 4.78 is 0. The Morgan fingerprint density at radius 1 is 1.08 bits per heavy atom. The molecule has 1 heterocycles. The van der Waals surface area contributed by atoms with Crippen LogP contribution in [0.15, 0.2) is 42.5 Å². The van der Waals surface area contributed by atoms with E-state index in [9.17, 15) is 9.59 Å². The zero-order valence-electron chi connectivity index (χ0n) is 15.0. The molecule has 0 bridgehead atoms. The second kappa shape index (κ2) is 7.47. The molecule has 0 aliphatic carbocycles. The maximum atomic E-state index is 12.4. The fourth-order valence-corrected chi connectivity index (χ4v) is 3.19. The summed E-state index contributed by atoms with van der Waals surface area (Å²) in [5.41, 5.74) is 4.64. The predicted octanol–water partition coefficient (Wildman–Crippen LogP) is 4.49. The third kappa shape index (κ3) is 3.96. The summed E-state index contributed by atoms with van der Waals surface area (Å²) in [7, 11) is 0. The molecule has 0 unspecified atom stereocenters. The number of anilines is 2. The average molecular weight is 353 g/mol. The quantitative estimate of drug-likeness (QED) is 0.760. The fourth-order valence-electron chi connectivity index (χ4n) is 3.19. The van der Waals surface area contributed by atoms with E-state index in [0.717, 1.165) is 22.4 Å². The van der Waals surface area contributed by atoms with E-state index in [4.69, 9.17) is 5.11 Å². The lowest BCUT2D eigenvalue weighted by molar-refractivity contribution is 0.140. The normalized spacial score (nSPS) is 13.3. The van der Waals surface area contributed by atoms with Crippen molar-refractivity contribution in [3.63, 3.8) is 0 Å². The van der Waals surface area contributed by atoms with Crippen molar-refractivity contribution in [2.45, 2.75) is 32.7 Å². The number of benzene rings is 2. The summed E-state index contributed by atoms with van der Waals surface area (Å²) >= 11 is 0. The number of carboxylic acid groups (broad SMARTS) is 1. The molecule has 2 aromatic rings. The molecule has 6 heteroatoms. The highest BCUT2D eigenvalue weighted by Gasteiger charge is 2.20. The van der Waals surface area contributed by atoms with Crippen molar-refractivity contribution < 1.29 is 14.7 Å². The Hall–Kier alpha value is -3.02. The van der Waals surface area contributed by atoms with E-state index in [1.54, 1.807) is 6.07 Å². The number of carbonyl (C=O) groups is 2. The van der Waals surface area contributed by atoms with Gasteiger partial charge in [0.25, 0.3) is 0 Å². The highest BCUT2D eigenvalue weighted by atomic mass is 16.4. The van der Waals surface area contributed by atoms with E-state index in [1.807, 2.05) is 36.4 Å². The zero-order valence-corrected chi connectivity index (χ0v) is 15.0. The second-order valence-corrected chi connectivity index (χ2v) is 6.76. The zero-order chi connectivity index (χ0) is 18.7. The van der Waals surface area contributed by atoms with E-state index >= 15 is 0 Å². The molecule has 3 amide bonds. The molecule has 0 saturated heterocycles. The van der Waals surface area contributed by atoms with Crippen LogP contribution in [0, 0.1) is 0 Å². The van der Waals surface area contributed by atoms with Crippen molar-refractivity contribution in [3.8, 4) is 0 Å². The van der Waals surface area contributed by atoms with Crippen molar-refractivity contribution in [3.05, 3.63) is 59.2 Å². The van der Waals surface area contributed by atoms with Gasteiger partial charge in [-0.15, -0.1) is 0 Å². The highest BCUT2D eigenvalue weighted by molar-refractivity contribution is 6.00. The number of hydrogen-bond donors (Lipinski definition) is 3. The van der Waals surface area contributed by atoms with Crippen molar-refractivity contribution in [1.82, 2.24) is 4.90 Å². The number of para-hydroxylation sites is 1. The largest absolute Gasteiger partial charge is 0.465 e. The van der Waals surface area contributed by atoms with Gasteiger partial charge in [-0.05, 0) is 47.2 Å². The molecule has 6 nitrogen and oxygen atoms in total. The Labute approximate surface area is 152 Å². The molecule has 0 aromatic heterocycles. The average Bonchev–Trinajstić information content (AvgIpc) is 2.61. The molecule has 1 aliphatic rings.